The Hall–Kier alpha value is -2.65. The number of fused-ring (bicyclic) bond motifs is 1. The smallest absolute Gasteiger partial charge is 0.337 e. The van der Waals surface area contributed by atoms with Gasteiger partial charge in [0.2, 0.25) is 5.71 Å². The van der Waals surface area contributed by atoms with Crippen molar-refractivity contribution in [3.63, 3.8) is 0 Å². The number of ether oxygens (including phenoxy) is 1. The van der Waals surface area contributed by atoms with Crippen molar-refractivity contribution in [2.24, 2.45) is 0 Å². The molecule has 0 fully saturated rings. The highest BCUT2D eigenvalue weighted by molar-refractivity contribution is 7.92. The third kappa shape index (κ3) is 4.06. The maximum absolute atomic E-state index is 12.9. The van der Waals surface area contributed by atoms with Gasteiger partial charge >= 0.3 is 5.63 Å². The molecule has 29 heavy (non-hydrogen) atoms. The fraction of sp³-hybridized carbons (Fsp3) is 0.316. The van der Waals surface area contributed by atoms with Crippen molar-refractivity contribution < 1.29 is 17.6 Å². The molecule has 2 aromatic heterocycles. The predicted octanol–water partition coefficient (Wildman–Crippen LogP) is 2.72. The lowest BCUT2D eigenvalue weighted by molar-refractivity contribution is 0.259. The maximum atomic E-state index is 12.9. The molecule has 0 unspecified atom stereocenters. The molecule has 1 N–H and O–H groups in total. The summed E-state index contributed by atoms with van der Waals surface area (Å²) in [4.78, 5) is 30.6. The first-order valence-corrected chi connectivity index (χ1v) is 10.6. The minimum absolute atomic E-state index is 0.0917. The first-order valence-electron chi connectivity index (χ1n) is 8.75. The number of rotatable bonds is 6. The van der Waals surface area contributed by atoms with Crippen LogP contribution in [0.25, 0.3) is 11.1 Å². The second-order valence-electron chi connectivity index (χ2n) is 7.00. The summed E-state index contributed by atoms with van der Waals surface area (Å²) in [6.07, 6.45) is 0.444. The number of nitrogens with zero attached hydrogens (tertiary/aromatic N) is 1. The van der Waals surface area contributed by atoms with Gasteiger partial charge in [0.05, 0.1) is 4.90 Å². The third-order valence-electron chi connectivity index (χ3n) is 4.46. The quantitative estimate of drug-likeness (QED) is 0.628. The van der Waals surface area contributed by atoms with Crippen LogP contribution in [0.15, 0.2) is 49.2 Å². The first kappa shape index (κ1) is 21.1. The maximum Gasteiger partial charge on any atom is 0.337 e. The SMILES string of the molecule is CCc1cc(=O)oc2nc(OCC(C)(C)S(=O)(=O)c3ccc(Cl)cc3)[nH]c(=O)c12. The molecule has 0 bridgehead atoms. The van der Waals surface area contributed by atoms with Crippen molar-refractivity contribution in [2.45, 2.75) is 36.8 Å². The van der Waals surface area contributed by atoms with Crippen LogP contribution in [0.1, 0.15) is 26.3 Å². The van der Waals surface area contributed by atoms with Gasteiger partial charge in [0.25, 0.3) is 11.6 Å². The number of halogens is 1. The Balaban J connectivity index is 1.92. The highest BCUT2D eigenvalue weighted by Gasteiger charge is 2.37. The van der Waals surface area contributed by atoms with Crippen molar-refractivity contribution in [3.8, 4) is 6.01 Å². The summed E-state index contributed by atoms with van der Waals surface area (Å²) in [5.74, 6) is 0. The van der Waals surface area contributed by atoms with E-state index < -0.39 is 25.8 Å². The van der Waals surface area contributed by atoms with Gasteiger partial charge in [0, 0.05) is 11.1 Å². The van der Waals surface area contributed by atoms with Gasteiger partial charge in [-0.25, -0.2) is 13.2 Å². The summed E-state index contributed by atoms with van der Waals surface area (Å²) >= 11 is 5.82. The van der Waals surface area contributed by atoms with Crippen LogP contribution in [0.2, 0.25) is 5.02 Å². The number of H-pyrrole nitrogens is 1. The van der Waals surface area contributed by atoms with Crippen LogP contribution in [0, 0.1) is 0 Å². The standard InChI is InChI=1S/C19H19ClN2O6S/c1-4-11-9-14(23)28-17-15(11)16(24)21-18(22-17)27-10-19(2,3)29(25,26)13-7-5-12(20)6-8-13/h5-9H,4,10H2,1-3H3,(H,21,22,24). The van der Waals surface area contributed by atoms with Crippen LogP contribution >= 0.6 is 11.6 Å². The Labute approximate surface area is 171 Å². The van der Waals surface area contributed by atoms with Gasteiger partial charge in [-0.15, -0.1) is 0 Å². The molecule has 3 aromatic rings. The second-order valence-corrected chi connectivity index (χ2v) is 10.0. The lowest BCUT2D eigenvalue weighted by Gasteiger charge is -2.24. The Bertz CT molecular complexity index is 1280. The van der Waals surface area contributed by atoms with Crippen molar-refractivity contribution >= 4 is 32.5 Å². The van der Waals surface area contributed by atoms with Crippen LogP contribution in [-0.4, -0.2) is 29.7 Å². The van der Waals surface area contributed by atoms with E-state index in [0.29, 0.717) is 17.0 Å². The lowest BCUT2D eigenvalue weighted by Crippen LogP contribution is -2.38. The number of nitrogens with one attached hydrogen (secondary N) is 1. The molecular formula is C19H19ClN2O6S. The van der Waals surface area contributed by atoms with Gasteiger partial charge in [0.15, 0.2) is 9.84 Å². The number of sulfone groups is 1. The fourth-order valence-corrected chi connectivity index (χ4v) is 4.20. The van der Waals surface area contributed by atoms with E-state index in [-0.39, 0.29) is 28.6 Å². The zero-order valence-electron chi connectivity index (χ0n) is 16.0. The van der Waals surface area contributed by atoms with E-state index in [2.05, 4.69) is 9.97 Å². The van der Waals surface area contributed by atoms with E-state index in [9.17, 15) is 18.0 Å². The average Bonchev–Trinajstić information content (AvgIpc) is 2.65. The largest absolute Gasteiger partial charge is 0.463 e. The van der Waals surface area contributed by atoms with E-state index in [4.69, 9.17) is 20.8 Å². The molecule has 0 aliphatic heterocycles. The molecule has 8 nitrogen and oxygen atoms in total. The lowest BCUT2D eigenvalue weighted by atomic mass is 10.1. The summed E-state index contributed by atoms with van der Waals surface area (Å²) in [5.41, 5.74) is -0.832. The Kier molecular flexibility index (Phi) is 5.55. The third-order valence-corrected chi connectivity index (χ3v) is 7.18. The summed E-state index contributed by atoms with van der Waals surface area (Å²) in [6.45, 7) is 4.48. The molecule has 0 saturated carbocycles. The molecule has 1 aromatic carbocycles. The van der Waals surface area contributed by atoms with E-state index in [1.165, 1.54) is 44.2 Å². The van der Waals surface area contributed by atoms with Gasteiger partial charge in [-0.2, -0.15) is 4.98 Å². The highest BCUT2D eigenvalue weighted by atomic mass is 35.5. The van der Waals surface area contributed by atoms with Crippen LogP contribution < -0.4 is 15.9 Å². The molecule has 154 valence electrons. The van der Waals surface area contributed by atoms with E-state index in [1.807, 2.05) is 0 Å². The normalized spacial score (nSPS) is 12.3. The van der Waals surface area contributed by atoms with Crippen LogP contribution in [0.5, 0.6) is 6.01 Å². The number of aromatic nitrogens is 2. The highest BCUT2D eigenvalue weighted by Crippen LogP contribution is 2.27. The van der Waals surface area contributed by atoms with Crippen LogP contribution in [0.3, 0.4) is 0 Å². The summed E-state index contributed by atoms with van der Waals surface area (Å²) in [7, 11) is -3.77. The molecule has 0 saturated heterocycles. The molecule has 10 heteroatoms. The first-order chi connectivity index (χ1) is 13.5. The van der Waals surface area contributed by atoms with Crippen molar-refractivity contribution in [1.82, 2.24) is 9.97 Å². The van der Waals surface area contributed by atoms with Gasteiger partial charge in [-0.05, 0) is 50.1 Å². The summed E-state index contributed by atoms with van der Waals surface area (Å²) in [6, 6.07) is 6.80. The molecule has 0 aliphatic rings. The Morgan fingerprint density at radius 1 is 1.21 bits per heavy atom. The molecule has 0 atom stereocenters. The second kappa shape index (κ2) is 7.64. The number of hydrogen-bond acceptors (Lipinski definition) is 7. The van der Waals surface area contributed by atoms with Gasteiger partial charge in [-0.1, -0.05) is 18.5 Å². The monoisotopic (exact) mass is 438 g/mol. The molecule has 3 rings (SSSR count). The molecule has 0 aliphatic carbocycles. The average molecular weight is 439 g/mol. The molecule has 0 spiro atoms. The molecule has 0 radical (unpaired) electrons. The summed E-state index contributed by atoms with van der Waals surface area (Å²) < 4.78 is 35.0. The van der Waals surface area contributed by atoms with Crippen molar-refractivity contribution in [2.75, 3.05) is 6.61 Å². The number of aryl methyl sites for hydroxylation is 1. The number of benzene rings is 1. The van der Waals surface area contributed by atoms with Crippen LogP contribution in [-0.2, 0) is 16.3 Å². The summed E-state index contributed by atoms with van der Waals surface area (Å²) in [5, 5.41) is 0.580. The number of hydrogen-bond donors (Lipinski definition) is 1. The topological polar surface area (TPSA) is 119 Å². The minimum Gasteiger partial charge on any atom is -0.463 e. The van der Waals surface area contributed by atoms with Gasteiger partial charge in [0.1, 0.15) is 16.7 Å². The zero-order chi connectivity index (χ0) is 21.4. The van der Waals surface area contributed by atoms with Gasteiger partial charge < -0.3 is 9.15 Å². The minimum atomic E-state index is -3.77. The van der Waals surface area contributed by atoms with Crippen LogP contribution in [0.4, 0.5) is 0 Å². The fourth-order valence-electron chi connectivity index (χ4n) is 2.73. The molecular weight excluding hydrogens is 420 g/mol. The van der Waals surface area contributed by atoms with E-state index >= 15 is 0 Å². The van der Waals surface area contributed by atoms with E-state index in [0.717, 1.165) is 0 Å². The zero-order valence-corrected chi connectivity index (χ0v) is 17.6. The predicted molar refractivity (Wildman–Crippen MR) is 108 cm³/mol. The van der Waals surface area contributed by atoms with Gasteiger partial charge in [-0.3, -0.25) is 9.78 Å². The van der Waals surface area contributed by atoms with Crippen molar-refractivity contribution in [1.29, 1.82) is 0 Å². The molecule has 2 heterocycles. The van der Waals surface area contributed by atoms with Crippen molar-refractivity contribution in [3.05, 3.63) is 61.7 Å². The van der Waals surface area contributed by atoms with E-state index in [1.54, 1.807) is 6.92 Å². The Morgan fingerprint density at radius 3 is 2.48 bits per heavy atom. The molecule has 0 amide bonds. The Morgan fingerprint density at radius 2 is 1.86 bits per heavy atom. The number of aromatic amines is 1.